The Morgan fingerprint density at radius 3 is 2.77 bits per heavy atom. The summed E-state index contributed by atoms with van der Waals surface area (Å²) in [6.07, 6.45) is 3.45. The number of carboxylic acid groups (broad SMARTS) is 1. The number of rotatable bonds is 4. The van der Waals surface area contributed by atoms with Crippen LogP contribution in [0, 0.1) is 11.8 Å². The average molecular weight is 376 g/mol. The van der Waals surface area contributed by atoms with Crippen LogP contribution in [0.5, 0.6) is 0 Å². The monoisotopic (exact) mass is 376 g/mol. The van der Waals surface area contributed by atoms with Crippen molar-refractivity contribution in [3.63, 3.8) is 0 Å². The van der Waals surface area contributed by atoms with Gasteiger partial charge < -0.3 is 14.9 Å². The lowest BCUT2D eigenvalue weighted by Crippen LogP contribution is -2.51. The Hall–Kier alpha value is -2.02. The summed E-state index contributed by atoms with van der Waals surface area (Å²) in [7, 11) is 0. The second-order valence-corrected chi connectivity index (χ2v) is 7.85. The summed E-state index contributed by atoms with van der Waals surface area (Å²) >= 11 is 1.61. The van der Waals surface area contributed by atoms with Crippen molar-refractivity contribution in [2.75, 3.05) is 24.2 Å². The molecule has 3 rings (SSSR count). The summed E-state index contributed by atoms with van der Waals surface area (Å²) in [5.74, 6) is -1.94. The molecule has 2 aliphatic heterocycles. The first-order chi connectivity index (χ1) is 12.4. The number of hydrogen-bond acceptors (Lipinski definition) is 4. The van der Waals surface area contributed by atoms with Crippen LogP contribution in [-0.4, -0.2) is 53.2 Å². The molecule has 0 radical (unpaired) electrons. The van der Waals surface area contributed by atoms with Gasteiger partial charge in [-0.25, -0.2) is 0 Å². The Morgan fingerprint density at radius 2 is 2.08 bits per heavy atom. The van der Waals surface area contributed by atoms with E-state index in [0.29, 0.717) is 25.9 Å². The maximum Gasteiger partial charge on any atom is 0.308 e. The van der Waals surface area contributed by atoms with Crippen molar-refractivity contribution < 1.29 is 19.5 Å². The molecular weight excluding hydrogens is 352 g/mol. The largest absolute Gasteiger partial charge is 0.481 e. The molecule has 1 aromatic carbocycles. The van der Waals surface area contributed by atoms with E-state index in [2.05, 4.69) is 0 Å². The zero-order valence-electron chi connectivity index (χ0n) is 15.1. The van der Waals surface area contributed by atoms with Crippen LogP contribution in [-0.2, 0) is 14.4 Å². The number of benzene rings is 1. The number of likely N-dealkylation sites (tertiary alicyclic amines) is 1. The Balaban J connectivity index is 1.73. The smallest absolute Gasteiger partial charge is 0.308 e. The third kappa shape index (κ3) is 3.58. The van der Waals surface area contributed by atoms with E-state index in [4.69, 9.17) is 0 Å². The van der Waals surface area contributed by atoms with E-state index < -0.39 is 17.8 Å². The molecule has 7 heteroatoms. The first-order valence-electron chi connectivity index (χ1n) is 8.90. The highest BCUT2D eigenvalue weighted by atomic mass is 32.2. The van der Waals surface area contributed by atoms with E-state index in [1.54, 1.807) is 28.5 Å². The topological polar surface area (TPSA) is 77.9 Å². The normalized spacial score (nSPS) is 26.2. The maximum absolute atomic E-state index is 13.0. The molecule has 0 saturated carbocycles. The van der Waals surface area contributed by atoms with E-state index in [1.807, 2.05) is 30.5 Å². The molecule has 1 aromatic rings. The predicted octanol–water partition coefficient (Wildman–Crippen LogP) is 2.47. The third-order valence-corrected chi connectivity index (χ3v) is 6.15. The van der Waals surface area contributed by atoms with Crippen molar-refractivity contribution in [2.45, 2.75) is 37.1 Å². The summed E-state index contributed by atoms with van der Waals surface area (Å²) in [5.41, 5.74) is 0.812. The van der Waals surface area contributed by atoms with Gasteiger partial charge in [0.2, 0.25) is 11.8 Å². The number of nitrogens with zero attached hydrogens (tertiary/aromatic N) is 2. The van der Waals surface area contributed by atoms with Crippen LogP contribution in [0.15, 0.2) is 29.2 Å². The lowest BCUT2D eigenvalue weighted by atomic mass is 9.89. The molecule has 1 unspecified atom stereocenters. The van der Waals surface area contributed by atoms with Gasteiger partial charge in [-0.15, -0.1) is 11.8 Å². The summed E-state index contributed by atoms with van der Waals surface area (Å²) < 4.78 is 0. The summed E-state index contributed by atoms with van der Waals surface area (Å²) in [5, 5.41) is 9.35. The first kappa shape index (κ1) is 18.8. The molecule has 140 valence electrons. The fourth-order valence-corrected chi connectivity index (χ4v) is 4.37. The molecule has 6 nitrogen and oxygen atoms in total. The molecule has 26 heavy (non-hydrogen) atoms. The molecule has 0 spiro atoms. The van der Waals surface area contributed by atoms with Crippen LogP contribution < -0.4 is 4.90 Å². The number of carbonyl (C=O) groups excluding carboxylic acids is 2. The Labute approximate surface area is 157 Å². The fraction of sp³-hybridized carbons (Fsp3) is 0.526. The van der Waals surface area contributed by atoms with E-state index in [9.17, 15) is 19.5 Å². The van der Waals surface area contributed by atoms with Gasteiger partial charge in [0.05, 0.1) is 11.8 Å². The number of amides is 2. The van der Waals surface area contributed by atoms with E-state index in [0.717, 1.165) is 10.6 Å². The Morgan fingerprint density at radius 1 is 1.31 bits per heavy atom. The molecule has 0 bridgehead atoms. The number of hydrogen-bond donors (Lipinski definition) is 1. The van der Waals surface area contributed by atoms with E-state index >= 15 is 0 Å². The highest BCUT2D eigenvalue weighted by Gasteiger charge is 2.42. The minimum Gasteiger partial charge on any atom is -0.481 e. The standard InChI is InChI=1S/C19H24N2O4S/c1-12-16(19(24)25)7-4-8-20(12)18(23)13-9-17(22)21(11-13)14-5-3-6-15(10-14)26-2/h3,5-6,10,12-13,16H,4,7-9,11H2,1-2H3,(H,24,25)/t12-,13?,16-/m0/s1. The quantitative estimate of drug-likeness (QED) is 0.817. The van der Waals surface area contributed by atoms with Crippen molar-refractivity contribution >= 4 is 35.2 Å². The van der Waals surface area contributed by atoms with Crippen LogP contribution in [0.2, 0.25) is 0 Å². The molecule has 1 N–H and O–H groups in total. The lowest BCUT2D eigenvalue weighted by Gasteiger charge is -2.38. The molecule has 0 aliphatic carbocycles. The minimum atomic E-state index is -0.854. The molecule has 0 aromatic heterocycles. The first-order valence-corrected chi connectivity index (χ1v) is 10.1. The zero-order valence-corrected chi connectivity index (χ0v) is 15.9. The van der Waals surface area contributed by atoms with Gasteiger partial charge >= 0.3 is 5.97 Å². The van der Waals surface area contributed by atoms with Gasteiger partial charge in [-0.3, -0.25) is 14.4 Å². The number of carboxylic acids is 1. The second kappa shape index (κ2) is 7.70. The van der Waals surface area contributed by atoms with Crippen LogP contribution in [0.3, 0.4) is 0 Å². The van der Waals surface area contributed by atoms with Crippen LogP contribution in [0.25, 0.3) is 0 Å². The SMILES string of the molecule is CSc1cccc(N2CC(C(=O)N3CCC[C@H](C(=O)O)[C@@H]3C)CC2=O)c1. The van der Waals surface area contributed by atoms with Gasteiger partial charge in [0.25, 0.3) is 0 Å². The fourth-order valence-electron chi connectivity index (χ4n) is 3.92. The predicted molar refractivity (Wildman–Crippen MR) is 100 cm³/mol. The van der Waals surface area contributed by atoms with Gasteiger partial charge in [0.15, 0.2) is 0 Å². The summed E-state index contributed by atoms with van der Waals surface area (Å²) in [6, 6.07) is 7.40. The van der Waals surface area contributed by atoms with Crippen LogP contribution in [0.1, 0.15) is 26.2 Å². The Kier molecular flexibility index (Phi) is 5.55. The van der Waals surface area contributed by atoms with Crippen molar-refractivity contribution in [1.29, 1.82) is 0 Å². The van der Waals surface area contributed by atoms with Gasteiger partial charge in [0, 0.05) is 36.1 Å². The van der Waals surface area contributed by atoms with Crippen molar-refractivity contribution in [3.8, 4) is 0 Å². The number of piperidine rings is 1. The summed E-state index contributed by atoms with van der Waals surface area (Å²) in [4.78, 5) is 41.3. The van der Waals surface area contributed by atoms with Gasteiger partial charge in [-0.05, 0) is 44.2 Å². The molecule has 2 saturated heterocycles. The second-order valence-electron chi connectivity index (χ2n) is 6.97. The van der Waals surface area contributed by atoms with Gasteiger partial charge in [0.1, 0.15) is 0 Å². The van der Waals surface area contributed by atoms with Crippen LogP contribution >= 0.6 is 11.8 Å². The maximum atomic E-state index is 13.0. The molecular formula is C19H24N2O4S. The Bertz CT molecular complexity index is 723. The molecule has 2 amide bonds. The van der Waals surface area contributed by atoms with Crippen molar-refractivity contribution in [2.24, 2.45) is 11.8 Å². The van der Waals surface area contributed by atoms with E-state index in [-0.39, 0.29) is 24.3 Å². The minimum absolute atomic E-state index is 0.0546. The third-order valence-electron chi connectivity index (χ3n) is 5.43. The average Bonchev–Trinajstić information content (AvgIpc) is 3.03. The molecule has 2 fully saturated rings. The highest BCUT2D eigenvalue weighted by Crippen LogP contribution is 2.31. The highest BCUT2D eigenvalue weighted by molar-refractivity contribution is 7.98. The van der Waals surface area contributed by atoms with Crippen LogP contribution in [0.4, 0.5) is 5.69 Å². The molecule has 2 heterocycles. The lowest BCUT2D eigenvalue weighted by molar-refractivity contribution is -0.150. The number of thioether (sulfide) groups is 1. The van der Waals surface area contributed by atoms with Gasteiger partial charge in [-0.2, -0.15) is 0 Å². The number of carbonyl (C=O) groups is 3. The van der Waals surface area contributed by atoms with Gasteiger partial charge in [-0.1, -0.05) is 6.07 Å². The number of anilines is 1. The number of aliphatic carboxylic acids is 1. The summed E-state index contributed by atoms with van der Waals surface area (Å²) in [6.45, 7) is 2.72. The zero-order chi connectivity index (χ0) is 18.8. The van der Waals surface area contributed by atoms with Crippen molar-refractivity contribution in [3.05, 3.63) is 24.3 Å². The van der Waals surface area contributed by atoms with Crippen molar-refractivity contribution in [1.82, 2.24) is 4.90 Å². The molecule has 3 atom stereocenters. The molecule has 2 aliphatic rings. The van der Waals surface area contributed by atoms with E-state index in [1.165, 1.54) is 0 Å².